The quantitative estimate of drug-likeness (QED) is 0.429. The van der Waals surface area contributed by atoms with Crippen LogP contribution in [-0.4, -0.2) is 60.7 Å². The Morgan fingerprint density at radius 3 is 2.69 bits per heavy atom. The SMILES string of the molecule is COc1nc(N[C@H](C)c2ccccc2)c2cc(NCC=CC(=O)N3CCOCC3)c(C3CC3)cc2n1. The van der Waals surface area contributed by atoms with Gasteiger partial charge in [-0.05, 0) is 48.9 Å². The van der Waals surface area contributed by atoms with E-state index in [9.17, 15) is 4.79 Å². The van der Waals surface area contributed by atoms with E-state index in [0.29, 0.717) is 44.8 Å². The van der Waals surface area contributed by atoms with E-state index in [0.717, 1.165) is 22.4 Å². The van der Waals surface area contributed by atoms with Gasteiger partial charge in [-0.15, -0.1) is 0 Å². The molecule has 0 unspecified atom stereocenters. The number of ether oxygens (including phenoxy) is 2. The van der Waals surface area contributed by atoms with E-state index < -0.39 is 0 Å². The van der Waals surface area contributed by atoms with Gasteiger partial charge in [0.1, 0.15) is 5.82 Å². The molecule has 3 aromatic rings. The Labute approximate surface area is 211 Å². The summed E-state index contributed by atoms with van der Waals surface area (Å²) in [7, 11) is 1.59. The maximum absolute atomic E-state index is 12.4. The molecule has 1 aromatic heterocycles. The molecule has 2 N–H and O–H groups in total. The van der Waals surface area contributed by atoms with Crippen molar-refractivity contribution in [2.24, 2.45) is 0 Å². The first kappa shape index (κ1) is 24.1. The zero-order chi connectivity index (χ0) is 24.9. The third kappa shape index (κ3) is 5.60. The Kier molecular flexibility index (Phi) is 7.32. The highest BCUT2D eigenvalue weighted by molar-refractivity contribution is 5.93. The minimum atomic E-state index is 0.0305. The lowest BCUT2D eigenvalue weighted by molar-refractivity contribution is -0.129. The number of aromatic nitrogens is 2. The van der Waals surface area contributed by atoms with Crippen molar-refractivity contribution in [1.29, 1.82) is 0 Å². The molecule has 1 aliphatic carbocycles. The molecule has 0 radical (unpaired) electrons. The van der Waals surface area contributed by atoms with Gasteiger partial charge in [0.15, 0.2) is 0 Å². The summed E-state index contributed by atoms with van der Waals surface area (Å²) in [5.41, 5.74) is 4.33. The van der Waals surface area contributed by atoms with Crippen LogP contribution in [0.1, 0.15) is 42.9 Å². The van der Waals surface area contributed by atoms with Crippen molar-refractivity contribution in [1.82, 2.24) is 14.9 Å². The molecule has 8 heteroatoms. The lowest BCUT2D eigenvalue weighted by Crippen LogP contribution is -2.39. The Morgan fingerprint density at radius 2 is 1.97 bits per heavy atom. The largest absolute Gasteiger partial charge is 0.467 e. The number of nitrogens with one attached hydrogen (secondary N) is 2. The predicted molar refractivity (Wildman–Crippen MR) is 142 cm³/mol. The van der Waals surface area contributed by atoms with E-state index in [1.165, 1.54) is 24.0 Å². The van der Waals surface area contributed by atoms with Crippen LogP contribution in [0.15, 0.2) is 54.6 Å². The summed E-state index contributed by atoms with van der Waals surface area (Å²) in [4.78, 5) is 23.5. The molecule has 1 saturated carbocycles. The molecular formula is C28H33N5O3. The number of amides is 1. The third-order valence-corrected chi connectivity index (χ3v) is 6.69. The number of anilines is 2. The third-order valence-electron chi connectivity index (χ3n) is 6.69. The first-order chi connectivity index (χ1) is 17.6. The molecule has 1 atom stereocenters. The maximum atomic E-state index is 12.4. The average Bonchev–Trinajstić information content (AvgIpc) is 3.77. The lowest BCUT2D eigenvalue weighted by atomic mass is 10.0. The van der Waals surface area contributed by atoms with Crippen molar-refractivity contribution in [2.45, 2.75) is 31.7 Å². The van der Waals surface area contributed by atoms with Crippen LogP contribution >= 0.6 is 0 Å². The zero-order valence-electron chi connectivity index (χ0n) is 20.9. The second kappa shape index (κ2) is 11.0. The van der Waals surface area contributed by atoms with Gasteiger partial charge < -0.3 is 25.0 Å². The van der Waals surface area contributed by atoms with E-state index in [4.69, 9.17) is 9.47 Å². The second-order valence-electron chi connectivity index (χ2n) is 9.29. The van der Waals surface area contributed by atoms with Crippen molar-refractivity contribution < 1.29 is 14.3 Å². The molecule has 188 valence electrons. The van der Waals surface area contributed by atoms with Crippen molar-refractivity contribution in [2.75, 3.05) is 50.6 Å². The zero-order valence-corrected chi connectivity index (χ0v) is 20.9. The molecule has 0 spiro atoms. The first-order valence-electron chi connectivity index (χ1n) is 12.6. The Hall–Kier alpha value is -3.65. The van der Waals surface area contributed by atoms with Gasteiger partial charge in [-0.3, -0.25) is 4.79 Å². The molecule has 2 aliphatic rings. The number of fused-ring (bicyclic) bond motifs is 1. The van der Waals surface area contributed by atoms with E-state index in [2.05, 4.69) is 51.8 Å². The molecule has 8 nitrogen and oxygen atoms in total. The highest BCUT2D eigenvalue weighted by Gasteiger charge is 2.27. The molecule has 1 amide bonds. The van der Waals surface area contributed by atoms with E-state index in [1.807, 2.05) is 29.2 Å². The summed E-state index contributed by atoms with van der Waals surface area (Å²) in [6.07, 6.45) is 5.88. The van der Waals surface area contributed by atoms with Gasteiger partial charge in [-0.25, -0.2) is 0 Å². The second-order valence-corrected chi connectivity index (χ2v) is 9.29. The predicted octanol–water partition coefficient (Wildman–Crippen LogP) is 4.52. The Bertz CT molecular complexity index is 1240. The van der Waals surface area contributed by atoms with Gasteiger partial charge in [0.2, 0.25) is 5.91 Å². The average molecular weight is 488 g/mol. The standard InChI is InChI=1S/C28H33N5O3/c1-19(20-7-4-3-5-8-20)30-27-23-18-24(29-12-6-9-26(34)33-13-15-36-16-14-33)22(21-10-11-21)17-25(23)31-28(32-27)35-2/h3-9,17-19,21,29H,10-16H2,1-2H3,(H,30,31,32)/t19-/m1/s1. The molecular weight excluding hydrogens is 454 g/mol. The fourth-order valence-electron chi connectivity index (χ4n) is 4.50. The van der Waals surface area contributed by atoms with Crippen molar-refractivity contribution in [3.8, 4) is 6.01 Å². The van der Waals surface area contributed by atoms with Crippen LogP contribution in [0, 0.1) is 0 Å². The van der Waals surface area contributed by atoms with Crippen LogP contribution in [0.2, 0.25) is 0 Å². The topological polar surface area (TPSA) is 88.6 Å². The molecule has 1 aliphatic heterocycles. The van der Waals surface area contributed by atoms with Crippen LogP contribution in [0.25, 0.3) is 10.9 Å². The van der Waals surface area contributed by atoms with Gasteiger partial charge in [-0.1, -0.05) is 36.4 Å². The van der Waals surface area contributed by atoms with Crippen LogP contribution in [-0.2, 0) is 9.53 Å². The summed E-state index contributed by atoms with van der Waals surface area (Å²) in [6, 6.07) is 15.0. The number of carbonyl (C=O) groups is 1. The van der Waals surface area contributed by atoms with Gasteiger partial charge in [0, 0.05) is 42.8 Å². The number of nitrogens with zero attached hydrogens (tertiary/aromatic N) is 3. The summed E-state index contributed by atoms with van der Waals surface area (Å²) in [6.45, 7) is 5.17. The maximum Gasteiger partial charge on any atom is 0.318 e. The number of rotatable bonds is 9. The van der Waals surface area contributed by atoms with Crippen LogP contribution < -0.4 is 15.4 Å². The molecule has 36 heavy (non-hydrogen) atoms. The number of methoxy groups -OCH3 is 1. The molecule has 2 fully saturated rings. The Morgan fingerprint density at radius 1 is 1.19 bits per heavy atom. The highest BCUT2D eigenvalue weighted by atomic mass is 16.5. The summed E-state index contributed by atoms with van der Waals surface area (Å²) in [5, 5.41) is 8.01. The molecule has 2 aromatic carbocycles. The Balaban J connectivity index is 1.39. The highest BCUT2D eigenvalue weighted by Crippen LogP contribution is 2.45. The molecule has 5 rings (SSSR count). The summed E-state index contributed by atoms with van der Waals surface area (Å²) < 4.78 is 10.7. The number of hydrogen-bond acceptors (Lipinski definition) is 7. The minimum absolute atomic E-state index is 0.0305. The van der Waals surface area contributed by atoms with Crippen molar-refractivity contribution in [3.05, 3.63) is 65.7 Å². The van der Waals surface area contributed by atoms with E-state index in [-0.39, 0.29) is 11.9 Å². The van der Waals surface area contributed by atoms with E-state index >= 15 is 0 Å². The number of morpholine rings is 1. The number of hydrogen-bond donors (Lipinski definition) is 2. The fourth-order valence-corrected chi connectivity index (χ4v) is 4.50. The smallest absolute Gasteiger partial charge is 0.318 e. The normalized spacial score (nSPS) is 16.8. The van der Waals surface area contributed by atoms with Gasteiger partial charge in [0.25, 0.3) is 0 Å². The summed E-state index contributed by atoms with van der Waals surface area (Å²) in [5.74, 6) is 1.29. The summed E-state index contributed by atoms with van der Waals surface area (Å²) >= 11 is 0. The van der Waals surface area contributed by atoms with E-state index in [1.54, 1.807) is 13.2 Å². The lowest BCUT2D eigenvalue weighted by Gasteiger charge is -2.25. The van der Waals surface area contributed by atoms with Crippen LogP contribution in [0.5, 0.6) is 6.01 Å². The minimum Gasteiger partial charge on any atom is -0.467 e. The fraction of sp³-hybridized carbons (Fsp3) is 0.393. The van der Waals surface area contributed by atoms with Crippen LogP contribution in [0.4, 0.5) is 11.5 Å². The molecule has 1 saturated heterocycles. The van der Waals surface area contributed by atoms with Gasteiger partial charge in [0.05, 0.1) is 25.8 Å². The monoisotopic (exact) mass is 487 g/mol. The number of carbonyl (C=O) groups excluding carboxylic acids is 1. The van der Waals surface area contributed by atoms with Gasteiger partial charge in [-0.2, -0.15) is 9.97 Å². The van der Waals surface area contributed by atoms with Gasteiger partial charge >= 0.3 is 6.01 Å². The van der Waals surface area contributed by atoms with Crippen LogP contribution in [0.3, 0.4) is 0 Å². The van der Waals surface area contributed by atoms with Crippen molar-refractivity contribution in [3.63, 3.8) is 0 Å². The molecule has 2 heterocycles. The van der Waals surface area contributed by atoms with Crippen molar-refractivity contribution >= 4 is 28.3 Å². The number of benzene rings is 2. The first-order valence-corrected chi connectivity index (χ1v) is 12.6. The molecule has 0 bridgehead atoms.